The Balaban J connectivity index is 2.76. The number of nitrogens with zero attached hydrogens (tertiary/aromatic N) is 1. The summed E-state index contributed by atoms with van der Waals surface area (Å²) in [6, 6.07) is 9.48. The molecule has 0 bridgehead atoms. The Morgan fingerprint density at radius 3 is 2.62 bits per heavy atom. The zero-order valence-electron chi connectivity index (χ0n) is 9.42. The second kappa shape index (κ2) is 6.74. The van der Waals surface area contributed by atoms with Crippen molar-refractivity contribution in [1.82, 2.24) is 0 Å². The number of esters is 1. The number of methoxy groups -OCH3 is 2. The van der Waals surface area contributed by atoms with Gasteiger partial charge in [-0.1, -0.05) is 30.3 Å². The monoisotopic (exact) mass is 221 g/mol. The van der Waals surface area contributed by atoms with Crippen LogP contribution in [0.25, 0.3) is 0 Å². The van der Waals surface area contributed by atoms with Crippen LogP contribution in [-0.4, -0.2) is 33.0 Å². The van der Waals surface area contributed by atoms with Gasteiger partial charge in [-0.15, -0.1) is 0 Å². The molecule has 1 rings (SSSR count). The van der Waals surface area contributed by atoms with E-state index in [1.165, 1.54) is 13.3 Å². The van der Waals surface area contributed by atoms with E-state index in [-0.39, 0.29) is 6.04 Å². The van der Waals surface area contributed by atoms with E-state index in [1.807, 2.05) is 30.3 Å². The molecule has 0 amide bonds. The van der Waals surface area contributed by atoms with Gasteiger partial charge >= 0.3 is 5.97 Å². The Morgan fingerprint density at radius 2 is 2.06 bits per heavy atom. The van der Waals surface area contributed by atoms with Crippen molar-refractivity contribution >= 4 is 12.2 Å². The number of benzene rings is 1. The second-order valence-electron chi connectivity index (χ2n) is 3.18. The van der Waals surface area contributed by atoms with Gasteiger partial charge in [-0.25, -0.2) is 4.79 Å². The number of carbonyl (C=O) groups is 1. The summed E-state index contributed by atoms with van der Waals surface area (Å²) in [6.45, 7) is 0.428. The van der Waals surface area contributed by atoms with Crippen molar-refractivity contribution < 1.29 is 14.3 Å². The van der Waals surface area contributed by atoms with Crippen molar-refractivity contribution in [3.05, 3.63) is 35.9 Å². The maximum Gasteiger partial charge on any atom is 0.348 e. The molecule has 1 aromatic carbocycles. The van der Waals surface area contributed by atoms with Crippen molar-refractivity contribution in [1.29, 1.82) is 0 Å². The molecule has 0 aliphatic rings. The minimum atomic E-state index is -0.461. The number of rotatable bonds is 5. The van der Waals surface area contributed by atoms with E-state index in [1.54, 1.807) is 7.11 Å². The van der Waals surface area contributed by atoms with E-state index in [0.717, 1.165) is 5.56 Å². The summed E-state index contributed by atoms with van der Waals surface area (Å²) in [5.41, 5.74) is 1.00. The van der Waals surface area contributed by atoms with Crippen molar-refractivity contribution in [3.63, 3.8) is 0 Å². The average molecular weight is 221 g/mol. The molecule has 0 radical (unpaired) electrons. The third kappa shape index (κ3) is 3.82. The summed E-state index contributed by atoms with van der Waals surface area (Å²) < 4.78 is 9.54. The third-order valence-electron chi connectivity index (χ3n) is 2.07. The quantitative estimate of drug-likeness (QED) is 0.560. The lowest BCUT2D eigenvalue weighted by Gasteiger charge is -2.10. The van der Waals surface area contributed by atoms with Crippen molar-refractivity contribution in [2.24, 2.45) is 4.99 Å². The Kier molecular flexibility index (Phi) is 5.22. The van der Waals surface area contributed by atoms with Gasteiger partial charge in [-0.3, -0.25) is 4.99 Å². The molecule has 0 unspecified atom stereocenters. The van der Waals surface area contributed by atoms with Gasteiger partial charge in [-0.2, -0.15) is 0 Å². The lowest BCUT2D eigenvalue weighted by atomic mass is 10.1. The average Bonchev–Trinajstić information content (AvgIpc) is 2.35. The highest BCUT2D eigenvalue weighted by atomic mass is 16.5. The highest BCUT2D eigenvalue weighted by Gasteiger charge is 2.08. The first-order valence-corrected chi connectivity index (χ1v) is 4.93. The van der Waals surface area contributed by atoms with Gasteiger partial charge in [0.2, 0.25) is 0 Å². The van der Waals surface area contributed by atoms with Crippen LogP contribution in [0.15, 0.2) is 35.3 Å². The van der Waals surface area contributed by atoms with Crippen molar-refractivity contribution in [2.75, 3.05) is 20.8 Å². The molecule has 4 nitrogen and oxygen atoms in total. The van der Waals surface area contributed by atoms with Crippen LogP contribution in [0.3, 0.4) is 0 Å². The number of hydrogen-bond donors (Lipinski definition) is 0. The molecule has 1 atom stereocenters. The summed E-state index contributed by atoms with van der Waals surface area (Å²) in [6.07, 6.45) is 1.18. The molecule has 0 heterocycles. The zero-order chi connectivity index (χ0) is 11.8. The second-order valence-corrected chi connectivity index (χ2v) is 3.18. The summed E-state index contributed by atoms with van der Waals surface area (Å²) in [5.74, 6) is -0.461. The number of hydrogen-bond acceptors (Lipinski definition) is 4. The van der Waals surface area contributed by atoms with Crippen LogP contribution in [0.1, 0.15) is 11.6 Å². The van der Waals surface area contributed by atoms with E-state index < -0.39 is 5.97 Å². The molecule has 0 aliphatic carbocycles. The third-order valence-corrected chi connectivity index (χ3v) is 2.07. The lowest BCUT2D eigenvalue weighted by Crippen LogP contribution is -2.07. The van der Waals surface area contributed by atoms with Gasteiger partial charge in [0.1, 0.15) is 6.21 Å². The van der Waals surface area contributed by atoms with Gasteiger partial charge in [0.15, 0.2) is 0 Å². The fraction of sp³-hybridized carbons (Fsp3) is 0.333. The Bertz CT molecular complexity index is 349. The molecule has 0 N–H and O–H groups in total. The molecule has 86 valence electrons. The van der Waals surface area contributed by atoms with E-state index in [2.05, 4.69) is 9.73 Å². The van der Waals surface area contributed by atoms with Crippen LogP contribution in [-0.2, 0) is 14.3 Å². The Morgan fingerprint density at radius 1 is 1.38 bits per heavy atom. The molecule has 0 aromatic heterocycles. The Hall–Kier alpha value is -1.68. The largest absolute Gasteiger partial charge is 0.465 e. The Labute approximate surface area is 94.9 Å². The van der Waals surface area contributed by atoms with Gasteiger partial charge in [0, 0.05) is 7.11 Å². The van der Waals surface area contributed by atoms with E-state index in [0.29, 0.717) is 6.61 Å². The summed E-state index contributed by atoms with van der Waals surface area (Å²) in [5, 5.41) is 0. The fourth-order valence-corrected chi connectivity index (χ4v) is 1.26. The molecule has 0 spiro atoms. The van der Waals surface area contributed by atoms with E-state index in [9.17, 15) is 4.79 Å². The molecule has 1 aromatic rings. The number of aliphatic imine (C=N–C) groups is 1. The standard InChI is InChI=1S/C12H15NO3/c1-15-9-11(13-8-12(14)16-2)10-6-4-3-5-7-10/h3-8,11H,9H2,1-2H3/t11-/m0/s1. The summed E-state index contributed by atoms with van der Waals surface area (Å²) in [4.78, 5) is 15.1. The van der Waals surface area contributed by atoms with Crippen LogP contribution in [0.5, 0.6) is 0 Å². The van der Waals surface area contributed by atoms with Gasteiger partial charge in [0.25, 0.3) is 0 Å². The van der Waals surface area contributed by atoms with Crippen molar-refractivity contribution in [2.45, 2.75) is 6.04 Å². The van der Waals surface area contributed by atoms with E-state index in [4.69, 9.17) is 4.74 Å². The van der Waals surface area contributed by atoms with Crippen LogP contribution >= 0.6 is 0 Å². The predicted molar refractivity (Wildman–Crippen MR) is 61.6 cm³/mol. The van der Waals surface area contributed by atoms with Crippen LogP contribution in [0.2, 0.25) is 0 Å². The molecule has 0 aliphatic heterocycles. The van der Waals surface area contributed by atoms with Crippen LogP contribution in [0, 0.1) is 0 Å². The van der Waals surface area contributed by atoms with Crippen molar-refractivity contribution in [3.8, 4) is 0 Å². The van der Waals surface area contributed by atoms with Gasteiger partial charge in [0.05, 0.1) is 19.8 Å². The first-order chi connectivity index (χ1) is 7.77. The lowest BCUT2D eigenvalue weighted by molar-refractivity contribution is -0.132. The summed E-state index contributed by atoms with van der Waals surface area (Å²) >= 11 is 0. The first kappa shape index (κ1) is 12.4. The van der Waals surface area contributed by atoms with Crippen LogP contribution < -0.4 is 0 Å². The summed E-state index contributed by atoms with van der Waals surface area (Å²) in [7, 11) is 2.92. The molecular weight excluding hydrogens is 206 g/mol. The molecule has 4 heteroatoms. The van der Waals surface area contributed by atoms with Gasteiger partial charge in [-0.05, 0) is 5.56 Å². The molecule has 16 heavy (non-hydrogen) atoms. The molecule has 0 fully saturated rings. The number of carbonyl (C=O) groups excluding carboxylic acids is 1. The normalized spacial score (nSPS) is 12.6. The molecule has 0 saturated heterocycles. The fourth-order valence-electron chi connectivity index (χ4n) is 1.26. The topological polar surface area (TPSA) is 47.9 Å². The minimum absolute atomic E-state index is 0.176. The highest BCUT2D eigenvalue weighted by Crippen LogP contribution is 2.16. The van der Waals surface area contributed by atoms with Gasteiger partial charge < -0.3 is 9.47 Å². The predicted octanol–water partition coefficient (Wildman–Crippen LogP) is 1.62. The minimum Gasteiger partial charge on any atom is -0.465 e. The smallest absolute Gasteiger partial charge is 0.348 e. The van der Waals surface area contributed by atoms with E-state index >= 15 is 0 Å². The number of ether oxygens (including phenoxy) is 2. The zero-order valence-corrected chi connectivity index (χ0v) is 9.42. The highest BCUT2D eigenvalue weighted by molar-refractivity contribution is 6.23. The van der Waals surface area contributed by atoms with Crippen LogP contribution in [0.4, 0.5) is 0 Å². The molecular formula is C12H15NO3. The maximum atomic E-state index is 10.9. The SMILES string of the molecule is COC[C@H](N=CC(=O)OC)c1ccccc1. The molecule has 0 saturated carbocycles. The maximum absolute atomic E-state index is 10.9. The first-order valence-electron chi connectivity index (χ1n) is 4.93.